The number of para-hydroxylation sites is 1. The summed E-state index contributed by atoms with van der Waals surface area (Å²) in [4.78, 5) is 14.8. The zero-order valence-corrected chi connectivity index (χ0v) is 14.5. The van der Waals surface area contributed by atoms with Crippen molar-refractivity contribution in [1.29, 1.82) is 0 Å². The van der Waals surface area contributed by atoms with Gasteiger partial charge in [0.2, 0.25) is 5.91 Å². The Morgan fingerprint density at radius 1 is 1.29 bits per heavy atom. The number of anilines is 2. The lowest BCUT2D eigenvalue weighted by molar-refractivity contribution is -0.120. The van der Waals surface area contributed by atoms with Gasteiger partial charge in [0.1, 0.15) is 0 Å². The lowest BCUT2D eigenvalue weighted by Crippen LogP contribution is -2.41. The van der Waals surface area contributed by atoms with E-state index >= 15 is 0 Å². The van der Waals surface area contributed by atoms with Gasteiger partial charge in [-0.05, 0) is 43.0 Å². The van der Waals surface area contributed by atoms with E-state index in [1.54, 1.807) is 6.07 Å². The molecule has 2 heterocycles. The SMILES string of the molecule is CCc1ccccc1NC(=O)[C@H]1CCCN(c2ccc(Cl)nn2)C1. The molecule has 126 valence electrons. The fraction of sp³-hybridized carbons (Fsp3) is 0.389. The lowest BCUT2D eigenvalue weighted by atomic mass is 9.96. The molecule has 0 radical (unpaired) electrons. The van der Waals surface area contributed by atoms with Crippen LogP contribution in [0.2, 0.25) is 5.15 Å². The Labute approximate surface area is 147 Å². The van der Waals surface area contributed by atoms with Gasteiger partial charge in [-0.2, -0.15) is 0 Å². The fourth-order valence-electron chi connectivity index (χ4n) is 3.06. The van der Waals surface area contributed by atoms with Crippen LogP contribution >= 0.6 is 11.6 Å². The Balaban J connectivity index is 1.68. The number of hydrogen-bond acceptors (Lipinski definition) is 4. The summed E-state index contributed by atoms with van der Waals surface area (Å²) in [6.07, 6.45) is 2.74. The third kappa shape index (κ3) is 3.85. The Bertz CT molecular complexity index is 704. The van der Waals surface area contributed by atoms with Gasteiger partial charge in [-0.3, -0.25) is 4.79 Å². The Kier molecular flexibility index (Phi) is 5.30. The van der Waals surface area contributed by atoms with Gasteiger partial charge in [0.25, 0.3) is 0 Å². The van der Waals surface area contributed by atoms with E-state index < -0.39 is 0 Å². The van der Waals surface area contributed by atoms with Gasteiger partial charge in [0.15, 0.2) is 11.0 Å². The predicted octanol–water partition coefficient (Wildman–Crippen LogP) is 3.55. The number of nitrogens with one attached hydrogen (secondary N) is 1. The largest absolute Gasteiger partial charge is 0.354 e. The van der Waals surface area contributed by atoms with E-state index in [0.717, 1.165) is 42.9 Å². The zero-order chi connectivity index (χ0) is 16.9. The monoisotopic (exact) mass is 344 g/mol. The van der Waals surface area contributed by atoms with Crippen LogP contribution in [0, 0.1) is 5.92 Å². The number of carbonyl (C=O) groups is 1. The van der Waals surface area contributed by atoms with Crippen molar-refractivity contribution in [2.75, 3.05) is 23.3 Å². The van der Waals surface area contributed by atoms with Gasteiger partial charge in [0.05, 0.1) is 5.92 Å². The van der Waals surface area contributed by atoms with Crippen molar-refractivity contribution in [2.24, 2.45) is 5.92 Å². The molecule has 0 aliphatic carbocycles. The number of nitrogens with zero attached hydrogens (tertiary/aromatic N) is 3. The smallest absolute Gasteiger partial charge is 0.229 e. The summed E-state index contributed by atoms with van der Waals surface area (Å²) in [5.41, 5.74) is 2.07. The maximum atomic E-state index is 12.7. The molecule has 1 amide bonds. The molecule has 2 aromatic rings. The summed E-state index contributed by atoms with van der Waals surface area (Å²) >= 11 is 5.79. The Hall–Kier alpha value is -2.14. The summed E-state index contributed by atoms with van der Waals surface area (Å²) < 4.78 is 0. The number of aromatic nitrogens is 2. The standard InChI is InChI=1S/C18H21ClN4O/c1-2-13-6-3-4-8-15(13)20-18(24)14-7-5-11-23(12-14)17-10-9-16(19)21-22-17/h3-4,6,8-10,14H,2,5,7,11-12H2,1H3,(H,20,24)/t14-/m0/s1. The van der Waals surface area contributed by atoms with Crippen LogP contribution in [0.15, 0.2) is 36.4 Å². The molecule has 1 aromatic carbocycles. The van der Waals surface area contributed by atoms with Gasteiger partial charge in [-0.1, -0.05) is 36.7 Å². The summed E-state index contributed by atoms with van der Waals surface area (Å²) in [5, 5.41) is 11.5. The van der Waals surface area contributed by atoms with Gasteiger partial charge < -0.3 is 10.2 Å². The van der Waals surface area contributed by atoms with Crippen molar-refractivity contribution in [2.45, 2.75) is 26.2 Å². The van der Waals surface area contributed by atoms with Gasteiger partial charge in [-0.15, -0.1) is 10.2 Å². The molecule has 1 fully saturated rings. The molecule has 0 spiro atoms. The molecular formula is C18H21ClN4O. The van der Waals surface area contributed by atoms with Crippen molar-refractivity contribution in [3.63, 3.8) is 0 Å². The number of piperidine rings is 1. The van der Waals surface area contributed by atoms with Crippen LogP contribution < -0.4 is 10.2 Å². The number of rotatable bonds is 4. The molecule has 0 saturated carbocycles. The van der Waals surface area contributed by atoms with Crippen LogP contribution in [0.3, 0.4) is 0 Å². The molecule has 1 N–H and O–H groups in total. The quantitative estimate of drug-likeness (QED) is 0.921. The zero-order valence-electron chi connectivity index (χ0n) is 13.7. The molecule has 1 aliphatic heterocycles. The molecule has 1 aliphatic rings. The van der Waals surface area contributed by atoms with Crippen molar-refractivity contribution in [3.05, 3.63) is 47.1 Å². The fourth-order valence-corrected chi connectivity index (χ4v) is 3.16. The third-order valence-electron chi connectivity index (χ3n) is 4.39. The van der Waals surface area contributed by atoms with E-state index in [1.807, 2.05) is 30.3 Å². The molecule has 3 rings (SSSR count). The molecule has 5 nitrogen and oxygen atoms in total. The predicted molar refractivity (Wildman–Crippen MR) is 96.4 cm³/mol. The van der Waals surface area contributed by atoms with Crippen molar-refractivity contribution in [3.8, 4) is 0 Å². The van der Waals surface area contributed by atoms with E-state index in [1.165, 1.54) is 0 Å². The van der Waals surface area contributed by atoms with Crippen LogP contribution in [-0.2, 0) is 11.2 Å². The molecule has 1 aromatic heterocycles. The van der Waals surface area contributed by atoms with E-state index in [0.29, 0.717) is 11.7 Å². The molecule has 0 bridgehead atoms. The van der Waals surface area contributed by atoms with Crippen molar-refractivity contribution in [1.82, 2.24) is 10.2 Å². The van der Waals surface area contributed by atoms with Crippen LogP contribution in [-0.4, -0.2) is 29.2 Å². The van der Waals surface area contributed by atoms with E-state index in [9.17, 15) is 4.79 Å². The first-order chi connectivity index (χ1) is 11.7. The van der Waals surface area contributed by atoms with E-state index in [2.05, 4.69) is 27.3 Å². The molecule has 24 heavy (non-hydrogen) atoms. The van der Waals surface area contributed by atoms with Gasteiger partial charge in [0, 0.05) is 18.8 Å². The molecule has 0 unspecified atom stereocenters. The summed E-state index contributed by atoms with van der Waals surface area (Å²) in [5.74, 6) is 0.787. The van der Waals surface area contributed by atoms with Gasteiger partial charge in [-0.25, -0.2) is 0 Å². The number of halogens is 1. The highest BCUT2D eigenvalue weighted by Gasteiger charge is 2.27. The van der Waals surface area contributed by atoms with E-state index in [4.69, 9.17) is 11.6 Å². The molecule has 6 heteroatoms. The van der Waals surface area contributed by atoms with Crippen LogP contribution in [0.1, 0.15) is 25.3 Å². The van der Waals surface area contributed by atoms with Crippen LogP contribution in [0.4, 0.5) is 11.5 Å². The summed E-state index contributed by atoms with van der Waals surface area (Å²) in [6.45, 7) is 3.62. The first-order valence-corrected chi connectivity index (χ1v) is 8.68. The van der Waals surface area contributed by atoms with Crippen molar-refractivity contribution < 1.29 is 4.79 Å². The summed E-state index contributed by atoms with van der Waals surface area (Å²) in [7, 11) is 0. The maximum absolute atomic E-state index is 12.7. The normalized spacial score (nSPS) is 17.6. The second-order valence-electron chi connectivity index (χ2n) is 6.00. The Morgan fingerprint density at radius 3 is 2.88 bits per heavy atom. The number of carbonyl (C=O) groups excluding carboxylic acids is 1. The highest BCUT2D eigenvalue weighted by Crippen LogP contribution is 2.24. The first kappa shape index (κ1) is 16.7. The first-order valence-electron chi connectivity index (χ1n) is 8.30. The third-order valence-corrected chi connectivity index (χ3v) is 4.59. The summed E-state index contributed by atoms with van der Waals surface area (Å²) in [6, 6.07) is 11.5. The number of aryl methyl sites for hydroxylation is 1. The minimum atomic E-state index is -0.0545. The second-order valence-corrected chi connectivity index (χ2v) is 6.39. The average molecular weight is 345 g/mol. The topological polar surface area (TPSA) is 58.1 Å². The highest BCUT2D eigenvalue weighted by molar-refractivity contribution is 6.29. The number of amides is 1. The second kappa shape index (κ2) is 7.62. The Morgan fingerprint density at radius 2 is 2.12 bits per heavy atom. The minimum absolute atomic E-state index is 0.0545. The molecular weight excluding hydrogens is 324 g/mol. The number of benzene rings is 1. The van der Waals surface area contributed by atoms with Crippen LogP contribution in [0.25, 0.3) is 0 Å². The minimum Gasteiger partial charge on any atom is -0.354 e. The highest BCUT2D eigenvalue weighted by atomic mass is 35.5. The molecule has 1 atom stereocenters. The van der Waals surface area contributed by atoms with Gasteiger partial charge >= 0.3 is 0 Å². The van der Waals surface area contributed by atoms with Crippen molar-refractivity contribution >= 4 is 29.0 Å². The van der Waals surface area contributed by atoms with Crippen LogP contribution in [0.5, 0.6) is 0 Å². The lowest BCUT2D eigenvalue weighted by Gasteiger charge is -2.32. The average Bonchev–Trinajstić information content (AvgIpc) is 2.63. The maximum Gasteiger partial charge on any atom is 0.229 e. The van der Waals surface area contributed by atoms with E-state index in [-0.39, 0.29) is 11.8 Å². The molecule has 1 saturated heterocycles. The number of hydrogen-bond donors (Lipinski definition) is 1.